The second-order valence-corrected chi connectivity index (χ2v) is 4.54. The van der Waals surface area contributed by atoms with Crippen LogP contribution in [0.15, 0.2) is 28.7 Å². The van der Waals surface area contributed by atoms with Gasteiger partial charge in [-0.1, -0.05) is 28.1 Å². The van der Waals surface area contributed by atoms with Gasteiger partial charge in [-0.3, -0.25) is 4.79 Å². The van der Waals surface area contributed by atoms with Crippen molar-refractivity contribution >= 4 is 34.2 Å². The lowest BCUT2D eigenvalue weighted by molar-refractivity contribution is -0.130. The van der Waals surface area contributed by atoms with Gasteiger partial charge in [0.15, 0.2) is 0 Å². The Morgan fingerprint density at radius 3 is 2.56 bits per heavy atom. The van der Waals surface area contributed by atoms with Crippen molar-refractivity contribution < 1.29 is 9.53 Å². The second-order valence-electron chi connectivity index (χ2n) is 3.63. The Labute approximate surface area is 122 Å². The highest BCUT2D eigenvalue weighted by molar-refractivity contribution is 9.10. The molecule has 1 amide bonds. The summed E-state index contributed by atoms with van der Waals surface area (Å²) < 4.78 is 5.99. The van der Waals surface area contributed by atoms with Crippen LogP contribution in [0.5, 0.6) is 0 Å². The summed E-state index contributed by atoms with van der Waals surface area (Å²) in [7, 11) is 1.48. The van der Waals surface area contributed by atoms with Gasteiger partial charge in [0.2, 0.25) is 5.91 Å². The number of hydrogen-bond donors (Lipinski definition) is 2. The number of nitrogens with two attached hydrogens (primary N) is 1. The molecule has 18 heavy (non-hydrogen) atoms. The van der Waals surface area contributed by atoms with E-state index in [0.29, 0.717) is 6.54 Å². The molecule has 0 aliphatic heterocycles. The Morgan fingerprint density at radius 1 is 1.44 bits per heavy atom. The number of rotatable bonds is 6. The molecule has 6 heteroatoms. The molecule has 0 saturated heterocycles. The predicted molar refractivity (Wildman–Crippen MR) is 78.0 cm³/mol. The van der Waals surface area contributed by atoms with E-state index < -0.39 is 6.10 Å². The van der Waals surface area contributed by atoms with E-state index in [0.717, 1.165) is 10.9 Å². The fraction of sp³-hybridized carbons (Fsp3) is 0.417. The molecule has 0 spiro atoms. The molecule has 3 N–H and O–H groups in total. The SMILES string of the molecule is COC(CN)C(=O)NCCc1ccc(Br)cc1.Cl. The average Bonchev–Trinajstić information content (AvgIpc) is 2.33. The predicted octanol–water partition coefficient (Wildman–Crippen LogP) is 1.50. The third-order valence-corrected chi connectivity index (χ3v) is 2.95. The van der Waals surface area contributed by atoms with Crippen molar-refractivity contribution in [2.75, 3.05) is 20.2 Å². The van der Waals surface area contributed by atoms with Crippen LogP contribution in [0.2, 0.25) is 0 Å². The van der Waals surface area contributed by atoms with Crippen molar-refractivity contribution in [1.82, 2.24) is 5.32 Å². The number of halogens is 2. The highest BCUT2D eigenvalue weighted by Gasteiger charge is 2.14. The summed E-state index contributed by atoms with van der Waals surface area (Å²) >= 11 is 3.37. The van der Waals surface area contributed by atoms with E-state index in [1.807, 2.05) is 24.3 Å². The van der Waals surface area contributed by atoms with Crippen LogP contribution < -0.4 is 11.1 Å². The Kier molecular flexibility index (Phi) is 9.01. The van der Waals surface area contributed by atoms with E-state index in [4.69, 9.17) is 10.5 Å². The molecule has 0 radical (unpaired) electrons. The molecule has 0 aliphatic rings. The first-order valence-electron chi connectivity index (χ1n) is 5.42. The lowest BCUT2D eigenvalue weighted by atomic mass is 10.1. The van der Waals surface area contributed by atoms with Crippen LogP contribution in [0.1, 0.15) is 5.56 Å². The summed E-state index contributed by atoms with van der Waals surface area (Å²) in [5.41, 5.74) is 6.57. The van der Waals surface area contributed by atoms with Crippen LogP contribution in [-0.2, 0) is 16.0 Å². The number of carbonyl (C=O) groups is 1. The van der Waals surface area contributed by atoms with E-state index >= 15 is 0 Å². The van der Waals surface area contributed by atoms with Crippen molar-refractivity contribution in [3.8, 4) is 0 Å². The van der Waals surface area contributed by atoms with Crippen molar-refractivity contribution in [3.63, 3.8) is 0 Å². The zero-order valence-electron chi connectivity index (χ0n) is 10.2. The van der Waals surface area contributed by atoms with Gasteiger partial charge in [-0.05, 0) is 24.1 Å². The molecule has 0 aromatic heterocycles. The molecule has 4 nitrogen and oxygen atoms in total. The molecule has 1 aromatic rings. The van der Waals surface area contributed by atoms with Gasteiger partial charge in [0, 0.05) is 24.7 Å². The lowest BCUT2D eigenvalue weighted by Crippen LogP contribution is -2.41. The summed E-state index contributed by atoms with van der Waals surface area (Å²) in [4.78, 5) is 11.5. The van der Waals surface area contributed by atoms with E-state index in [1.54, 1.807) is 0 Å². The number of carbonyl (C=O) groups excluding carboxylic acids is 1. The highest BCUT2D eigenvalue weighted by atomic mass is 79.9. The maximum Gasteiger partial charge on any atom is 0.250 e. The van der Waals surface area contributed by atoms with E-state index in [-0.39, 0.29) is 24.9 Å². The average molecular weight is 338 g/mol. The monoisotopic (exact) mass is 336 g/mol. The molecule has 0 saturated carbocycles. The van der Waals surface area contributed by atoms with Crippen LogP contribution in [0, 0.1) is 0 Å². The molecule has 1 unspecified atom stereocenters. The van der Waals surface area contributed by atoms with Crippen LogP contribution >= 0.6 is 28.3 Å². The third-order valence-electron chi connectivity index (χ3n) is 2.42. The topological polar surface area (TPSA) is 64.3 Å². The largest absolute Gasteiger partial charge is 0.370 e. The van der Waals surface area contributed by atoms with Gasteiger partial charge in [0.25, 0.3) is 0 Å². The van der Waals surface area contributed by atoms with E-state index in [2.05, 4.69) is 21.2 Å². The first-order valence-corrected chi connectivity index (χ1v) is 6.21. The van der Waals surface area contributed by atoms with Crippen LogP contribution in [0.3, 0.4) is 0 Å². The zero-order valence-corrected chi connectivity index (χ0v) is 12.6. The molecule has 0 fully saturated rings. The van der Waals surface area contributed by atoms with Crippen LogP contribution in [0.4, 0.5) is 0 Å². The first-order chi connectivity index (χ1) is 8.17. The van der Waals surface area contributed by atoms with Crippen molar-refractivity contribution in [2.45, 2.75) is 12.5 Å². The highest BCUT2D eigenvalue weighted by Crippen LogP contribution is 2.10. The summed E-state index contributed by atoms with van der Waals surface area (Å²) in [6, 6.07) is 8.00. The molecular formula is C12H18BrClN2O2. The Bertz CT molecular complexity index is 356. The molecule has 1 atom stereocenters. The minimum Gasteiger partial charge on any atom is -0.370 e. The second kappa shape index (κ2) is 9.33. The number of amides is 1. The number of hydrogen-bond acceptors (Lipinski definition) is 3. The minimum absolute atomic E-state index is 0. The fourth-order valence-corrected chi connectivity index (χ4v) is 1.67. The van der Waals surface area contributed by atoms with Gasteiger partial charge in [0.1, 0.15) is 6.10 Å². The minimum atomic E-state index is -0.556. The van der Waals surface area contributed by atoms with Gasteiger partial charge in [-0.25, -0.2) is 0 Å². The first kappa shape index (κ1) is 17.4. The van der Waals surface area contributed by atoms with Gasteiger partial charge >= 0.3 is 0 Å². The van der Waals surface area contributed by atoms with Gasteiger partial charge in [-0.2, -0.15) is 0 Å². The summed E-state index contributed by atoms with van der Waals surface area (Å²) in [5.74, 6) is -0.160. The fourth-order valence-electron chi connectivity index (χ4n) is 1.41. The molecule has 0 bridgehead atoms. The van der Waals surface area contributed by atoms with Crippen LogP contribution in [-0.4, -0.2) is 32.2 Å². The summed E-state index contributed by atoms with van der Waals surface area (Å²) in [6.45, 7) is 0.779. The maximum absolute atomic E-state index is 11.5. The number of methoxy groups -OCH3 is 1. The molecule has 0 heterocycles. The molecule has 0 aliphatic carbocycles. The zero-order chi connectivity index (χ0) is 12.7. The quantitative estimate of drug-likeness (QED) is 0.827. The Hall–Kier alpha value is -0.620. The van der Waals surface area contributed by atoms with Crippen molar-refractivity contribution in [1.29, 1.82) is 0 Å². The summed E-state index contributed by atoms with van der Waals surface area (Å²) in [6.07, 6.45) is 0.236. The molecular weight excluding hydrogens is 320 g/mol. The molecule has 1 rings (SSSR count). The number of benzene rings is 1. The third kappa shape index (κ3) is 5.82. The van der Waals surface area contributed by atoms with Crippen LogP contribution in [0.25, 0.3) is 0 Å². The Balaban J connectivity index is 0.00000289. The smallest absolute Gasteiger partial charge is 0.250 e. The number of ether oxygens (including phenoxy) is 1. The molecule has 1 aromatic carbocycles. The maximum atomic E-state index is 11.5. The Morgan fingerprint density at radius 2 is 2.06 bits per heavy atom. The van der Waals surface area contributed by atoms with Gasteiger partial charge < -0.3 is 15.8 Å². The molecule has 102 valence electrons. The summed E-state index contributed by atoms with van der Waals surface area (Å²) in [5, 5.41) is 2.79. The van der Waals surface area contributed by atoms with E-state index in [9.17, 15) is 4.79 Å². The van der Waals surface area contributed by atoms with E-state index in [1.165, 1.54) is 12.7 Å². The van der Waals surface area contributed by atoms with Crippen molar-refractivity contribution in [2.24, 2.45) is 5.73 Å². The lowest BCUT2D eigenvalue weighted by Gasteiger charge is -2.12. The van der Waals surface area contributed by atoms with Crippen molar-refractivity contribution in [3.05, 3.63) is 34.3 Å². The van der Waals surface area contributed by atoms with Gasteiger partial charge in [-0.15, -0.1) is 12.4 Å². The standard InChI is InChI=1S/C12H17BrN2O2.ClH/c1-17-11(8-14)12(16)15-7-6-9-2-4-10(13)5-3-9;/h2-5,11H,6-8,14H2,1H3,(H,15,16);1H. The van der Waals surface area contributed by atoms with Gasteiger partial charge in [0.05, 0.1) is 0 Å². The number of nitrogens with one attached hydrogen (secondary N) is 1. The normalized spacial score (nSPS) is 11.5.